The molecule has 1 aliphatic carbocycles. The number of nitrogens with zero attached hydrogens (tertiary/aromatic N) is 1. The Morgan fingerprint density at radius 3 is 2.24 bits per heavy atom. The molecule has 0 amide bonds. The minimum Gasteiger partial charge on any atom is -0.493 e. The Bertz CT molecular complexity index is 683. The number of aromatic nitrogens is 1. The third-order valence-electron chi connectivity index (χ3n) is 6.44. The predicted molar refractivity (Wildman–Crippen MR) is 123 cm³/mol. The average molecular weight is 394 g/mol. The van der Waals surface area contributed by atoms with Crippen molar-refractivity contribution in [1.29, 1.82) is 0 Å². The molecular formula is C27H39NO. The van der Waals surface area contributed by atoms with E-state index >= 15 is 0 Å². The van der Waals surface area contributed by atoms with Crippen molar-refractivity contribution >= 4 is 0 Å². The molecule has 2 nitrogen and oxygen atoms in total. The molecule has 2 heteroatoms. The van der Waals surface area contributed by atoms with Gasteiger partial charge in [-0.15, -0.1) is 0 Å². The molecule has 29 heavy (non-hydrogen) atoms. The van der Waals surface area contributed by atoms with E-state index in [1.807, 2.05) is 6.20 Å². The van der Waals surface area contributed by atoms with Gasteiger partial charge in [0.15, 0.2) is 0 Å². The van der Waals surface area contributed by atoms with Crippen LogP contribution >= 0.6 is 0 Å². The van der Waals surface area contributed by atoms with Gasteiger partial charge < -0.3 is 4.74 Å². The van der Waals surface area contributed by atoms with Crippen molar-refractivity contribution in [2.45, 2.75) is 84.5 Å². The van der Waals surface area contributed by atoms with Crippen LogP contribution in [0.2, 0.25) is 0 Å². The fourth-order valence-corrected chi connectivity index (χ4v) is 4.53. The first-order valence-electron chi connectivity index (χ1n) is 12.0. The summed E-state index contributed by atoms with van der Waals surface area (Å²) in [5.41, 5.74) is 3.55. The van der Waals surface area contributed by atoms with E-state index in [-0.39, 0.29) is 0 Å². The van der Waals surface area contributed by atoms with Crippen LogP contribution in [0.1, 0.15) is 83.6 Å². The van der Waals surface area contributed by atoms with Crippen LogP contribution in [0.4, 0.5) is 0 Å². The van der Waals surface area contributed by atoms with Gasteiger partial charge in [0, 0.05) is 11.8 Å². The standard InChI is InChI=1S/C27H39NO/c1-3-5-6-7-9-23-14-19-27(28-20-23)25-15-17-26(18-16-25)29-21-24-12-10-22(8-4-2)11-13-24/h14-20,22,24H,3-13,21H2,1-2H3. The van der Waals surface area contributed by atoms with Gasteiger partial charge in [-0.2, -0.15) is 0 Å². The highest BCUT2D eigenvalue weighted by atomic mass is 16.5. The molecule has 1 aromatic heterocycles. The van der Waals surface area contributed by atoms with E-state index in [4.69, 9.17) is 4.74 Å². The molecule has 0 radical (unpaired) electrons. The largest absolute Gasteiger partial charge is 0.493 e. The topological polar surface area (TPSA) is 22.1 Å². The van der Waals surface area contributed by atoms with Gasteiger partial charge in [-0.05, 0) is 73.4 Å². The van der Waals surface area contributed by atoms with Crippen molar-refractivity contribution in [3.05, 3.63) is 48.2 Å². The summed E-state index contributed by atoms with van der Waals surface area (Å²) in [5, 5.41) is 0. The van der Waals surface area contributed by atoms with E-state index in [2.05, 4.69) is 55.2 Å². The van der Waals surface area contributed by atoms with Gasteiger partial charge in [-0.3, -0.25) is 4.98 Å². The third-order valence-corrected chi connectivity index (χ3v) is 6.44. The Balaban J connectivity index is 1.44. The number of benzene rings is 1. The average Bonchev–Trinajstić information content (AvgIpc) is 2.77. The smallest absolute Gasteiger partial charge is 0.119 e. The van der Waals surface area contributed by atoms with Crippen molar-refractivity contribution in [3.63, 3.8) is 0 Å². The molecule has 1 saturated carbocycles. The summed E-state index contributed by atoms with van der Waals surface area (Å²) >= 11 is 0. The van der Waals surface area contributed by atoms with Crippen LogP contribution in [0, 0.1) is 11.8 Å². The van der Waals surface area contributed by atoms with E-state index < -0.39 is 0 Å². The highest BCUT2D eigenvalue weighted by Crippen LogP contribution is 2.32. The van der Waals surface area contributed by atoms with Crippen LogP contribution in [0.3, 0.4) is 0 Å². The first kappa shape index (κ1) is 21.9. The predicted octanol–water partition coefficient (Wildman–Crippen LogP) is 7.86. The molecule has 158 valence electrons. The number of hydrogen-bond acceptors (Lipinski definition) is 2. The summed E-state index contributed by atoms with van der Waals surface area (Å²) in [5.74, 6) is 2.68. The van der Waals surface area contributed by atoms with Crippen LogP contribution in [-0.4, -0.2) is 11.6 Å². The fourth-order valence-electron chi connectivity index (χ4n) is 4.53. The van der Waals surface area contributed by atoms with Crippen LogP contribution in [0.15, 0.2) is 42.6 Å². The molecule has 0 aliphatic heterocycles. The second-order valence-electron chi connectivity index (χ2n) is 8.87. The maximum Gasteiger partial charge on any atom is 0.119 e. The molecule has 0 N–H and O–H groups in total. The minimum atomic E-state index is 0.731. The van der Waals surface area contributed by atoms with Crippen molar-refractivity contribution in [3.8, 4) is 17.0 Å². The summed E-state index contributed by atoms with van der Waals surface area (Å²) in [6.45, 7) is 5.42. The molecule has 0 saturated heterocycles. The van der Waals surface area contributed by atoms with E-state index in [0.29, 0.717) is 0 Å². The number of ether oxygens (including phenoxy) is 1. The first-order chi connectivity index (χ1) is 14.3. The quantitative estimate of drug-likeness (QED) is 0.362. The van der Waals surface area contributed by atoms with Gasteiger partial charge in [0.25, 0.3) is 0 Å². The lowest BCUT2D eigenvalue weighted by molar-refractivity contribution is 0.178. The van der Waals surface area contributed by atoms with E-state index in [0.717, 1.165) is 41.9 Å². The highest BCUT2D eigenvalue weighted by molar-refractivity contribution is 5.60. The zero-order valence-electron chi connectivity index (χ0n) is 18.5. The van der Waals surface area contributed by atoms with Gasteiger partial charge in [0.2, 0.25) is 0 Å². The summed E-state index contributed by atoms with van der Waals surface area (Å²) in [6, 6.07) is 12.8. The zero-order chi connectivity index (χ0) is 20.3. The van der Waals surface area contributed by atoms with E-state index in [1.54, 1.807) is 0 Å². The van der Waals surface area contributed by atoms with Gasteiger partial charge in [0.1, 0.15) is 5.75 Å². The minimum absolute atomic E-state index is 0.731. The Hall–Kier alpha value is -1.83. The lowest BCUT2D eigenvalue weighted by Gasteiger charge is -2.28. The van der Waals surface area contributed by atoms with Gasteiger partial charge in [-0.25, -0.2) is 0 Å². The molecule has 1 aromatic carbocycles. The van der Waals surface area contributed by atoms with E-state index in [9.17, 15) is 0 Å². The molecule has 3 rings (SSSR count). The van der Waals surface area contributed by atoms with Gasteiger partial charge >= 0.3 is 0 Å². The summed E-state index contributed by atoms with van der Waals surface area (Å²) in [4.78, 5) is 4.68. The Morgan fingerprint density at radius 1 is 0.828 bits per heavy atom. The molecular weight excluding hydrogens is 354 g/mol. The summed E-state index contributed by atoms with van der Waals surface area (Å²) in [6.07, 6.45) is 16.6. The number of aryl methyl sites for hydroxylation is 1. The Morgan fingerprint density at radius 2 is 1.59 bits per heavy atom. The van der Waals surface area contributed by atoms with Crippen molar-refractivity contribution in [2.24, 2.45) is 11.8 Å². The lowest BCUT2D eigenvalue weighted by Crippen LogP contribution is -2.20. The lowest BCUT2D eigenvalue weighted by atomic mass is 9.80. The van der Waals surface area contributed by atoms with Crippen LogP contribution in [-0.2, 0) is 6.42 Å². The van der Waals surface area contributed by atoms with Gasteiger partial charge in [-0.1, -0.05) is 64.9 Å². The molecule has 0 spiro atoms. The fraction of sp³-hybridized carbons (Fsp3) is 0.593. The van der Waals surface area contributed by atoms with Crippen molar-refractivity contribution in [2.75, 3.05) is 6.61 Å². The number of rotatable bonds is 11. The second-order valence-corrected chi connectivity index (χ2v) is 8.87. The number of pyridine rings is 1. The Kier molecular flexibility index (Phi) is 9.05. The third kappa shape index (κ3) is 7.17. The van der Waals surface area contributed by atoms with Crippen molar-refractivity contribution in [1.82, 2.24) is 4.98 Å². The molecule has 1 fully saturated rings. The molecule has 1 aliphatic rings. The highest BCUT2D eigenvalue weighted by Gasteiger charge is 2.20. The number of unbranched alkanes of at least 4 members (excludes halogenated alkanes) is 3. The Labute approximate surface area is 178 Å². The van der Waals surface area contributed by atoms with Gasteiger partial charge in [0.05, 0.1) is 12.3 Å². The molecule has 1 heterocycles. The van der Waals surface area contributed by atoms with Crippen LogP contribution < -0.4 is 4.74 Å². The first-order valence-corrected chi connectivity index (χ1v) is 12.0. The number of hydrogen-bond donors (Lipinski definition) is 0. The molecule has 2 aromatic rings. The van der Waals surface area contributed by atoms with E-state index in [1.165, 1.54) is 69.8 Å². The SMILES string of the molecule is CCCCCCc1ccc(-c2ccc(OCC3CCC(CCC)CC3)cc2)nc1. The van der Waals surface area contributed by atoms with Crippen molar-refractivity contribution < 1.29 is 4.74 Å². The maximum absolute atomic E-state index is 6.09. The second kappa shape index (κ2) is 12.0. The molecule has 0 atom stereocenters. The normalized spacial score (nSPS) is 19.2. The van der Waals surface area contributed by atoms with Crippen LogP contribution in [0.5, 0.6) is 5.75 Å². The zero-order valence-corrected chi connectivity index (χ0v) is 18.5. The summed E-state index contributed by atoms with van der Waals surface area (Å²) in [7, 11) is 0. The summed E-state index contributed by atoms with van der Waals surface area (Å²) < 4.78 is 6.09. The monoisotopic (exact) mass is 393 g/mol. The van der Waals surface area contributed by atoms with Crippen LogP contribution in [0.25, 0.3) is 11.3 Å². The molecule has 0 unspecified atom stereocenters. The maximum atomic E-state index is 6.09. The molecule has 0 bridgehead atoms.